The van der Waals surface area contributed by atoms with E-state index in [1.54, 1.807) is 0 Å². The van der Waals surface area contributed by atoms with E-state index >= 15 is 0 Å². The standard InChI is InChI=1S/C42H85NO5/c1-3-5-7-9-10-11-12-13-14-15-16-17-18-19-20-21-22-23-24-25-26-27-28-29-30-32-34-36-40(46)42(48)43-38(37-44)41(47)39(45)35-33-31-8-6-4-2/h38-41,44-47H,3-37H2,1-2H3,(H,43,48). The molecule has 0 fully saturated rings. The van der Waals surface area contributed by atoms with Crippen molar-refractivity contribution in [2.75, 3.05) is 6.61 Å². The van der Waals surface area contributed by atoms with Gasteiger partial charge in [0.15, 0.2) is 0 Å². The van der Waals surface area contributed by atoms with E-state index in [4.69, 9.17) is 0 Å². The molecule has 0 rings (SSSR count). The zero-order valence-electron chi connectivity index (χ0n) is 32.3. The third kappa shape index (κ3) is 31.3. The Bertz CT molecular complexity index is 648. The average molecular weight is 684 g/mol. The fourth-order valence-corrected chi connectivity index (χ4v) is 6.88. The van der Waals surface area contributed by atoms with Crippen LogP contribution in [0.15, 0.2) is 0 Å². The molecular formula is C42H85NO5. The molecule has 0 aliphatic carbocycles. The number of rotatable bonds is 39. The summed E-state index contributed by atoms with van der Waals surface area (Å²) in [6, 6.07) is -0.975. The SMILES string of the molecule is CCCCCCCCCCCCCCCCCCCCCCCCCCCCCC(O)C(=O)NC(CO)C(O)C(O)CCCCCCC. The van der Waals surface area contributed by atoms with Crippen LogP contribution < -0.4 is 5.32 Å². The maximum atomic E-state index is 12.4. The Hall–Kier alpha value is -0.690. The topological polar surface area (TPSA) is 110 Å². The highest BCUT2D eigenvalue weighted by molar-refractivity contribution is 5.80. The van der Waals surface area contributed by atoms with Crippen molar-refractivity contribution < 1.29 is 25.2 Å². The van der Waals surface area contributed by atoms with Gasteiger partial charge in [0.25, 0.3) is 0 Å². The number of nitrogens with one attached hydrogen (secondary N) is 1. The highest BCUT2D eigenvalue weighted by atomic mass is 16.3. The first-order valence-corrected chi connectivity index (χ1v) is 21.4. The molecule has 0 aromatic carbocycles. The molecule has 0 saturated heterocycles. The largest absolute Gasteiger partial charge is 0.394 e. The Kier molecular flexibility index (Phi) is 37.0. The fraction of sp³-hybridized carbons (Fsp3) is 0.976. The first kappa shape index (κ1) is 47.3. The van der Waals surface area contributed by atoms with Crippen LogP contribution in [0.3, 0.4) is 0 Å². The summed E-state index contributed by atoms with van der Waals surface area (Å²) < 4.78 is 0. The molecular weight excluding hydrogens is 598 g/mol. The lowest BCUT2D eigenvalue weighted by atomic mass is 9.99. The molecule has 0 heterocycles. The summed E-state index contributed by atoms with van der Waals surface area (Å²) in [5.74, 6) is -0.585. The summed E-state index contributed by atoms with van der Waals surface area (Å²) >= 11 is 0. The molecule has 48 heavy (non-hydrogen) atoms. The van der Waals surface area contributed by atoms with Crippen LogP contribution in [0.4, 0.5) is 0 Å². The van der Waals surface area contributed by atoms with Gasteiger partial charge < -0.3 is 25.7 Å². The van der Waals surface area contributed by atoms with Gasteiger partial charge in [-0.2, -0.15) is 0 Å². The van der Waals surface area contributed by atoms with Crippen molar-refractivity contribution in [3.63, 3.8) is 0 Å². The number of carbonyl (C=O) groups is 1. The lowest BCUT2D eigenvalue weighted by Crippen LogP contribution is -2.53. The van der Waals surface area contributed by atoms with Crippen LogP contribution in [0.25, 0.3) is 0 Å². The molecule has 0 bridgehead atoms. The number of hydrogen-bond acceptors (Lipinski definition) is 5. The zero-order valence-corrected chi connectivity index (χ0v) is 32.3. The Balaban J connectivity index is 3.49. The molecule has 0 aromatic heterocycles. The van der Waals surface area contributed by atoms with Crippen molar-refractivity contribution >= 4 is 5.91 Å². The number of unbranched alkanes of at least 4 members (excludes halogenated alkanes) is 30. The quantitative estimate of drug-likeness (QED) is 0.0414. The number of aliphatic hydroxyl groups is 4. The van der Waals surface area contributed by atoms with E-state index in [0.29, 0.717) is 12.8 Å². The van der Waals surface area contributed by atoms with Crippen LogP contribution in [0.1, 0.15) is 232 Å². The maximum Gasteiger partial charge on any atom is 0.249 e. The van der Waals surface area contributed by atoms with E-state index in [1.165, 1.54) is 154 Å². The highest BCUT2D eigenvalue weighted by Gasteiger charge is 2.28. The monoisotopic (exact) mass is 684 g/mol. The summed E-state index contributed by atoms with van der Waals surface area (Å²) in [5, 5.41) is 43.1. The Morgan fingerprint density at radius 1 is 0.438 bits per heavy atom. The van der Waals surface area contributed by atoms with Gasteiger partial charge in [0, 0.05) is 0 Å². The number of carbonyl (C=O) groups excluding carboxylic acids is 1. The van der Waals surface area contributed by atoms with E-state index in [2.05, 4.69) is 19.2 Å². The minimum atomic E-state index is -1.25. The fourth-order valence-electron chi connectivity index (χ4n) is 6.88. The van der Waals surface area contributed by atoms with Crippen molar-refractivity contribution in [1.82, 2.24) is 5.32 Å². The second-order valence-corrected chi connectivity index (χ2v) is 15.1. The van der Waals surface area contributed by atoms with Gasteiger partial charge in [-0.05, 0) is 12.8 Å². The molecule has 288 valence electrons. The number of hydrogen-bond donors (Lipinski definition) is 5. The maximum absolute atomic E-state index is 12.4. The van der Waals surface area contributed by atoms with Crippen molar-refractivity contribution in [3.05, 3.63) is 0 Å². The molecule has 0 aromatic rings. The minimum Gasteiger partial charge on any atom is -0.394 e. The molecule has 0 radical (unpaired) electrons. The predicted molar refractivity (Wildman–Crippen MR) is 205 cm³/mol. The van der Waals surface area contributed by atoms with Crippen LogP contribution in [-0.4, -0.2) is 57.3 Å². The smallest absolute Gasteiger partial charge is 0.249 e. The molecule has 0 saturated carbocycles. The normalized spacial score (nSPS) is 14.2. The number of amides is 1. The second-order valence-electron chi connectivity index (χ2n) is 15.1. The molecule has 5 N–H and O–H groups in total. The zero-order chi connectivity index (χ0) is 35.3. The van der Waals surface area contributed by atoms with Gasteiger partial charge in [0.05, 0.1) is 18.8 Å². The second kappa shape index (κ2) is 37.6. The molecule has 1 amide bonds. The van der Waals surface area contributed by atoms with Gasteiger partial charge in [0.1, 0.15) is 12.2 Å². The van der Waals surface area contributed by atoms with E-state index in [1.807, 2.05) is 0 Å². The van der Waals surface area contributed by atoms with Crippen molar-refractivity contribution in [1.29, 1.82) is 0 Å². The van der Waals surface area contributed by atoms with Crippen LogP contribution in [0.2, 0.25) is 0 Å². The van der Waals surface area contributed by atoms with Crippen LogP contribution in [-0.2, 0) is 4.79 Å². The molecule has 6 nitrogen and oxygen atoms in total. The van der Waals surface area contributed by atoms with Crippen LogP contribution in [0.5, 0.6) is 0 Å². The lowest BCUT2D eigenvalue weighted by Gasteiger charge is -2.27. The van der Waals surface area contributed by atoms with E-state index in [-0.39, 0.29) is 0 Å². The first-order chi connectivity index (χ1) is 23.5. The van der Waals surface area contributed by atoms with Gasteiger partial charge in [-0.1, -0.05) is 219 Å². The third-order valence-corrected chi connectivity index (χ3v) is 10.3. The predicted octanol–water partition coefficient (Wildman–Crippen LogP) is 10.8. The van der Waals surface area contributed by atoms with E-state index < -0.39 is 36.9 Å². The highest BCUT2D eigenvalue weighted by Crippen LogP contribution is 2.17. The number of aliphatic hydroxyl groups excluding tert-OH is 4. The lowest BCUT2D eigenvalue weighted by molar-refractivity contribution is -0.132. The molecule has 0 aliphatic heterocycles. The summed E-state index contributed by atoms with van der Waals surface area (Å²) in [6.45, 7) is 3.96. The average Bonchev–Trinajstić information content (AvgIpc) is 3.09. The minimum absolute atomic E-state index is 0.374. The first-order valence-electron chi connectivity index (χ1n) is 21.4. The van der Waals surface area contributed by atoms with Crippen molar-refractivity contribution in [3.8, 4) is 0 Å². The van der Waals surface area contributed by atoms with Gasteiger partial charge in [-0.3, -0.25) is 4.79 Å². The Morgan fingerprint density at radius 2 is 0.708 bits per heavy atom. The summed E-state index contributed by atoms with van der Waals surface area (Å²) in [5.41, 5.74) is 0. The summed E-state index contributed by atoms with van der Waals surface area (Å²) in [4.78, 5) is 12.4. The Morgan fingerprint density at radius 3 is 1.00 bits per heavy atom. The molecule has 6 heteroatoms. The van der Waals surface area contributed by atoms with Gasteiger partial charge >= 0.3 is 0 Å². The van der Waals surface area contributed by atoms with Crippen molar-refractivity contribution in [2.24, 2.45) is 0 Å². The Labute approximate surface area is 299 Å². The molecule has 4 unspecified atom stereocenters. The van der Waals surface area contributed by atoms with Crippen molar-refractivity contribution in [2.45, 2.75) is 257 Å². The van der Waals surface area contributed by atoms with Gasteiger partial charge in [-0.25, -0.2) is 0 Å². The van der Waals surface area contributed by atoms with E-state index in [9.17, 15) is 25.2 Å². The van der Waals surface area contributed by atoms with Gasteiger partial charge in [0.2, 0.25) is 5.91 Å². The van der Waals surface area contributed by atoms with Crippen LogP contribution >= 0.6 is 0 Å². The summed E-state index contributed by atoms with van der Waals surface area (Å²) in [7, 11) is 0. The van der Waals surface area contributed by atoms with Gasteiger partial charge in [-0.15, -0.1) is 0 Å². The summed E-state index contributed by atoms with van der Waals surface area (Å²) in [6.07, 6.45) is 39.1. The van der Waals surface area contributed by atoms with E-state index in [0.717, 1.165) is 51.4 Å². The molecule has 0 aliphatic rings. The molecule has 0 spiro atoms. The van der Waals surface area contributed by atoms with Crippen LogP contribution in [0, 0.1) is 0 Å². The molecule has 4 atom stereocenters. The third-order valence-electron chi connectivity index (χ3n) is 10.3.